The first-order chi connectivity index (χ1) is 10.0. The van der Waals surface area contributed by atoms with Gasteiger partial charge in [-0.1, -0.05) is 0 Å². The van der Waals surface area contributed by atoms with Crippen molar-refractivity contribution in [1.29, 1.82) is 0 Å². The molecule has 0 fully saturated rings. The van der Waals surface area contributed by atoms with Gasteiger partial charge in [-0.15, -0.1) is 0 Å². The van der Waals surface area contributed by atoms with Gasteiger partial charge < -0.3 is 15.8 Å². The van der Waals surface area contributed by atoms with E-state index in [9.17, 15) is 8.42 Å². The fourth-order valence-corrected chi connectivity index (χ4v) is 2.51. The molecule has 2 rings (SSSR count). The van der Waals surface area contributed by atoms with E-state index in [1.165, 1.54) is 12.3 Å². The molecule has 0 spiro atoms. The van der Waals surface area contributed by atoms with Crippen LogP contribution in [0.3, 0.4) is 0 Å². The normalized spacial score (nSPS) is 11.1. The molecule has 0 radical (unpaired) electrons. The molecule has 0 atom stereocenters. The summed E-state index contributed by atoms with van der Waals surface area (Å²) in [5.74, 6) is 1.01. The molecule has 0 bridgehead atoms. The highest BCUT2D eigenvalue weighted by Gasteiger charge is 2.13. The number of aromatic nitrogens is 1. The van der Waals surface area contributed by atoms with Gasteiger partial charge in [0, 0.05) is 24.7 Å². The van der Waals surface area contributed by atoms with E-state index in [1.54, 1.807) is 30.3 Å². The number of pyridine rings is 1. The van der Waals surface area contributed by atoms with Gasteiger partial charge in [-0.25, -0.2) is 13.4 Å². The quantitative estimate of drug-likeness (QED) is 0.841. The molecule has 3 N–H and O–H groups in total. The van der Waals surface area contributed by atoms with Gasteiger partial charge in [0.25, 0.3) is 0 Å². The Hall–Kier alpha value is -2.12. The molecular weight excluding hydrogens is 290 g/mol. The number of anilines is 2. The van der Waals surface area contributed by atoms with E-state index in [0.29, 0.717) is 24.7 Å². The molecule has 1 aromatic carbocycles. The number of hydrogen-bond acceptors (Lipinski definition) is 6. The van der Waals surface area contributed by atoms with Crippen LogP contribution in [0.2, 0.25) is 0 Å². The first kappa shape index (κ1) is 15.3. The lowest BCUT2D eigenvalue weighted by Crippen LogP contribution is -2.10. The van der Waals surface area contributed by atoms with Gasteiger partial charge in [-0.05, 0) is 36.4 Å². The molecule has 1 heterocycles. The molecule has 1 aromatic heterocycles. The van der Waals surface area contributed by atoms with Gasteiger partial charge in [0.1, 0.15) is 23.1 Å². The number of sulfone groups is 1. The molecule has 2 aromatic rings. The summed E-state index contributed by atoms with van der Waals surface area (Å²) in [5, 5.41) is 2.99. The number of benzene rings is 1. The van der Waals surface area contributed by atoms with Gasteiger partial charge in [0.05, 0.1) is 0 Å². The Morgan fingerprint density at radius 2 is 1.95 bits per heavy atom. The average Bonchev–Trinajstić information content (AvgIpc) is 2.46. The topological polar surface area (TPSA) is 94.3 Å². The Bertz CT molecular complexity index is 700. The Morgan fingerprint density at radius 1 is 1.24 bits per heavy atom. The van der Waals surface area contributed by atoms with Crippen molar-refractivity contribution in [2.24, 2.45) is 5.73 Å². The van der Waals surface area contributed by atoms with Gasteiger partial charge in [-0.2, -0.15) is 0 Å². The first-order valence-electron chi connectivity index (χ1n) is 6.36. The van der Waals surface area contributed by atoms with Crippen LogP contribution < -0.4 is 15.8 Å². The van der Waals surface area contributed by atoms with Crippen molar-refractivity contribution < 1.29 is 13.2 Å². The molecule has 0 unspecified atom stereocenters. The molecule has 0 aliphatic heterocycles. The lowest BCUT2D eigenvalue weighted by Gasteiger charge is -2.10. The SMILES string of the molecule is CS(=O)(=O)c1cccnc1Nc1ccc(OCCN)cc1. The lowest BCUT2D eigenvalue weighted by molar-refractivity contribution is 0.328. The van der Waals surface area contributed by atoms with Crippen LogP contribution >= 0.6 is 0 Å². The highest BCUT2D eigenvalue weighted by Crippen LogP contribution is 2.23. The van der Waals surface area contributed by atoms with E-state index in [1.807, 2.05) is 0 Å². The van der Waals surface area contributed by atoms with E-state index < -0.39 is 9.84 Å². The minimum atomic E-state index is -3.34. The van der Waals surface area contributed by atoms with Crippen LogP contribution in [-0.4, -0.2) is 32.8 Å². The van der Waals surface area contributed by atoms with Gasteiger partial charge >= 0.3 is 0 Å². The summed E-state index contributed by atoms with van der Waals surface area (Å²) in [6.07, 6.45) is 2.69. The Kier molecular flexibility index (Phi) is 4.77. The predicted molar refractivity (Wildman–Crippen MR) is 81.6 cm³/mol. The Labute approximate surface area is 123 Å². The lowest BCUT2D eigenvalue weighted by atomic mass is 10.3. The van der Waals surface area contributed by atoms with Crippen LogP contribution in [0.4, 0.5) is 11.5 Å². The summed E-state index contributed by atoms with van der Waals surface area (Å²) < 4.78 is 28.8. The van der Waals surface area contributed by atoms with Crippen molar-refractivity contribution in [3.63, 3.8) is 0 Å². The average molecular weight is 307 g/mol. The highest BCUT2D eigenvalue weighted by molar-refractivity contribution is 7.90. The maximum atomic E-state index is 11.7. The molecule has 0 saturated carbocycles. The van der Waals surface area contributed by atoms with E-state index in [-0.39, 0.29) is 4.90 Å². The van der Waals surface area contributed by atoms with Crippen molar-refractivity contribution in [3.05, 3.63) is 42.6 Å². The van der Waals surface area contributed by atoms with Crippen molar-refractivity contribution in [2.75, 3.05) is 24.7 Å². The predicted octanol–water partition coefficient (Wildman–Crippen LogP) is 1.57. The minimum absolute atomic E-state index is 0.161. The molecule has 0 saturated heterocycles. The van der Waals surface area contributed by atoms with Crippen LogP contribution in [0, 0.1) is 0 Å². The van der Waals surface area contributed by atoms with E-state index in [0.717, 1.165) is 11.9 Å². The zero-order valence-electron chi connectivity index (χ0n) is 11.6. The highest BCUT2D eigenvalue weighted by atomic mass is 32.2. The molecular formula is C14H17N3O3S. The third-order valence-electron chi connectivity index (χ3n) is 2.67. The largest absolute Gasteiger partial charge is 0.492 e. The third-order valence-corrected chi connectivity index (χ3v) is 3.80. The molecule has 21 heavy (non-hydrogen) atoms. The van der Waals surface area contributed by atoms with Crippen LogP contribution in [0.15, 0.2) is 47.5 Å². The number of hydrogen-bond donors (Lipinski definition) is 2. The van der Waals surface area contributed by atoms with Gasteiger partial charge in [0.15, 0.2) is 9.84 Å². The number of nitrogens with two attached hydrogens (primary N) is 1. The fraction of sp³-hybridized carbons (Fsp3) is 0.214. The van der Waals surface area contributed by atoms with Gasteiger partial charge in [-0.3, -0.25) is 0 Å². The molecule has 0 aliphatic rings. The molecule has 6 nitrogen and oxygen atoms in total. The second-order valence-electron chi connectivity index (χ2n) is 4.41. The third kappa shape index (κ3) is 4.17. The van der Waals surface area contributed by atoms with Crippen LogP contribution in [-0.2, 0) is 9.84 Å². The minimum Gasteiger partial charge on any atom is -0.492 e. The second kappa shape index (κ2) is 6.55. The van der Waals surface area contributed by atoms with Crippen molar-refractivity contribution >= 4 is 21.3 Å². The summed E-state index contributed by atoms with van der Waals surface area (Å²) in [4.78, 5) is 4.24. The van der Waals surface area contributed by atoms with E-state index >= 15 is 0 Å². The van der Waals surface area contributed by atoms with Crippen LogP contribution in [0.25, 0.3) is 0 Å². The maximum Gasteiger partial charge on any atom is 0.179 e. The number of ether oxygens (including phenoxy) is 1. The van der Waals surface area contributed by atoms with Crippen LogP contribution in [0.1, 0.15) is 0 Å². The zero-order chi connectivity index (χ0) is 15.3. The van der Waals surface area contributed by atoms with Crippen LogP contribution in [0.5, 0.6) is 5.75 Å². The summed E-state index contributed by atoms with van der Waals surface area (Å²) >= 11 is 0. The summed E-state index contributed by atoms with van der Waals surface area (Å²) in [6.45, 7) is 0.900. The summed E-state index contributed by atoms with van der Waals surface area (Å²) in [7, 11) is -3.34. The number of nitrogens with zero attached hydrogens (tertiary/aromatic N) is 1. The zero-order valence-corrected chi connectivity index (χ0v) is 12.4. The van der Waals surface area contributed by atoms with Crippen molar-refractivity contribution in [3.8, 4) is 5.75 Å². The number of rotatable bonds is 6. The smallest absolute Gasteiger partial charge is 0.179 e. The molecule has 7 heteroatoms. The summed E-state index contributed by atoms with van der Waals surface area (Å²) in [5.41, 5.74) is 6.08. The van der Waals surface area contributed by atoms with Gasteiger partial charge in [0.2, 0.25) is 0 Å². The maximum absolute atomic E-state index is 11.7. The monoisotopic (exact) mass is 307 g/mol. The van der Waals surface area contributed by atoms with Crippen molar-refractivity contribution in [2.45, 2.75) is 4.90 Å². The molecule has 0 aliphatic carbocycles. The molecule has 0 amide bonds. The second-order valence-corrected chi connectivity index (χ2v) is 6.39. The standard InChI is InChI=1S/C14H17N3O3S/c1-21(18,19)13-3-2-9-16-14(13)17-11-4-6-12(7-5-11)20-10-8-15/h2-7,9H,8,10,15H2,1H3,(H,16,17). The Balaban J connectivity index is 2.19. The number of nitrogens with one attached hydrogen (secondary N) is 1. The molecule has 112 valence electrons. The van der Waals surface area contributed by atoms with Crippen molar-refractivity contribution in [1.82, 2.24) is 4.98 Å². The van der Waals surface area contributed by atoms with E-state index in [2.05, 4.69) is 10.3 Å². The van der Waals surface area contributed by atoms with E-state index in [4.69, 9.17) is 10.5 Å². The fourth-order valence-electron chi connectivity index (χ4n) is 1.73. The Morgan fingerprint density at radius 3 is 2.57 bits per heavy atom. The first-order valence-corrected chi connectivity index (χ1v) is 8.25. The summed E-state index contributed by atoms with van der Waals surface area (Å²) in [6, 6.07) is 10.2.